The van der Waals surface area contributed by atoms with Crippen LogP contribution in [0.3, 0.4) is 0 Å². The number of anilines is 2. The van der Waals surface area contributed by atoms with E-state index in [0.29, 0.717) is 0 Å². The maximum Gasteiger partial charge on any atom is 0.331 e. The van der Waals surface area contributed by atoms with Crippen LogP contribution in [0.4, 0.5) is 11.4 Å². The number of nitrogens with one attached hydrogen (secondary N) is 1. The number of aliphatic carboxylic acids is 1. The Morgan fingerprint density at radius 3 is 2.37 bits per heavy atom. The third kappa shape index (κ3) is 7.02. The fourth-order valence-corrected chi connectivity index (χ4v) is 3.40. The molecule has 5 nitrogen and oxygen atoms in total. The number of benzene rings is 3. The highest BCUT2D eigenvalue weighted by atomic mass is 32.2. The lowest BCUT2D eigenvalue weighted by Gasteiger charge is -2.17. The average molecular weight is 443 g/mol. The summed E-state index contributed by atoms with van der Waals surface area (Å²) in [6.45, 7) is 2.49. The first-order valence-electron chi connectivity index (χ1n) is 9.26. The molecule has 0 aliphatic rings. The molecular weight excluding hydrogens is 416 g/mol. The molecule has 3 aromatic carbocycles. The number of rotatable bonds is 9. The summed E-state index contributed by atoms with van der Waals surface area (Å²) in [4.78, 5) is 10.5. The van der Waals surface area contributed by atoms with Crippen LogP contribution in [0.25, 0.3) is 11.1 Å². The van der Waals surface area contributed by atoms with Crippen molar-refractivity contribution in [3.05, 3.63) is 83.9 Å². The highest BCUT2D eigenvalue weighted by Crippen LogP contribution is 2.24. The molecule has 0 saturated heterocycles. The Morgan fingerprint density at radius 1 is 1.03 bits per heavy atom. The van der Waals surface area contributed by atoms with Crippen molar-refractivity contribution in [2.24, 2.45) is 0 Å². The van der Waals surface area contributed by atoms with E-state index in [-0.39, 0.29) is 20.1 Å². The lowest BCUT2D eigenvalue weighted by molar-refractivity contribution is -0.138. The van der Waals surface area contributed by atoms with Crippen LogP contribution in [-0.4, -0.2) is 24.7 Å². The molecule has 0 aliphatic heterocycles. The summed E-state index contributed by atoms with van der Waals surface area (Å²) in [6, 6.07) is 25.0. The zero-order chi connectivity index (χ0) is 20.6. The topological polar surface area (TPSA) is 61.8 Å². The van der Waals surface area contributed by atoms with Crippen molar-refractivity contribution >= 4 is 43.1 Å². The summed E-state index contributed by atoms with van der Waals surface area (Å²) in [6.07, 6.45) is 0. The second kappa shape index (κ2) is 11.5. The van der Waals surface area contributed by atoms with Crippen LogP contribution in [0, 0.1) is 6.92 Å². The number of carboxylic acid groups (broad SMARTS) is 1. The monoisotopic (exact) mass is 442 g/mol. The van der Waals surface area contributed by atoms with Crippen LogP contribution in [-0.2, 0) is 15.5 Å². The van der Waals surface area contributed by atoms with E-state index in [4.69, 9.17) is 9.29 Å². The molecule has 0 amide bonds. The fourth-order valence-electron chi connectivity index (χ4n) is 2.88. The lowest BCUT2D eigenvalue weighted by Crippen LogP contribution is -2.11. The molecule has 0 unspecified atom stereocenters. The lowest BCUT2D eigenvalue weighted by atomic mass is 10.0. The van der Waals surface area contributed by atoms with E-state index in [1.807, 2.05) is 31.3 Å². The van der Waals surface area contributed by atoms with Crippen LogP contribution in [0.15, 0.2) is 72.8 Å². The first-order valence-corrected chi connectivity index (χ1v) is 9.96. The van der Waals surface area contributed by atoms with Crippen molar-refractivity contribution in [3.8, 4) is 11.1 Å². The third-order valence-electron chi connectivity index (χ3n) is 4.35. The molecule has 0 radical (unpaired) electrons. The highest BCUT2D eigenvalue weighted by molar-refractivity contribution is 7.96. The molecule has 2 N–H and O–H groups in total. The van der Waals surface area contributed by atoms with Crippen LogP contribution < -0.4 is 9.62 Å². The number of hydrogen-bond acceptors (Lipinski definition) is 5. The van der Waals surface area contributed by atoms with E-state index < -0.39 is 5.97 Å². The Bertz CT molecular complexity index is 965. The van der Waals surface area contributed by atoms with E-state index in [1.165, 1.54) is 22.3 Å². The van der Waals surface area contributed by atoms with Gasteiger partial charge in [0.1, 0.15) is 12.2 Å². The summed E-state index contributed by atoms with van der Waals surface area (Å²) < 4.78 is 6.81. The first-order chi connectivity index (χ1) is 14.0. The van der Waals surface area contributed by atoms with Gasteiger partial charge in [0.25, 0.3) is 0 Å². The van der Waals surface area contributed by atoms with Gasteiger partial charge in [0.05, 0.1) is 0 Å². The Kier molecular flexibility index (Phi) is 9.11. The van der Waals surface area contributed by atoms with Crippen LogP contribution in [0.5, 0.6) is 0 Å². The van der Waals surface area contributed by atoms with E-state index >= 15 is 0 Å². The van der Waals surface area contributed by atoms with Crippen molar-refractivity contribution in [1.82, 2.24) is 0 Å². The molecule has 0 saturated carbocycles. The summed E-state index contributed by atoms with van der Waals surface area (Å²) >= 11 is 1.01. The van der Waals surface area contributed by atoms with Gasteiger partial charge >= 0.3 is 5.97 Å². The molecule has 30 heavy (non-hydrogen) atoms. The quantitative estimate of drug-likeness (QED) is 0.338. The maximum atomic E-state index is 10.5. The van der Waals surface area contributed by atoms with Gasteiger partial charge in [0.15, 0.2) is 6.61 Å². The normalized spacial score (nSPS) is 10.2. The highest BCUT2D eigenvalue weighted by Gasteiger charge is 2.05. The smallest absolute Gasteiger partial charge is 0.331 e. The van der Waals surface area contributed by atoms with Crippen molar-refractivity contribution in [1.29, 1.82) is 0 Å². The maximum absolute atomic E-state index is 10.5. The van der Waals surface area contributed by atoms with Gasteiger partial charge in [-0.05, 0) is 53.9 Å². The Labute approximate surface area is 188 Å². The van der Waals surface area contributed by atoms with Crippen LogP contribution in [0.1, 0.15) is 11.1 Å². The van der Waals surface area contributed by atoms with Crippen molar-refractivity contribution in [3.63, 3.8) is 0 Å². The number of hydrogen-bond donors (Lipinski definition) is 2. The minimum absolute atomic E-state index is 0. The molecule has 7 heteroatoms. The molecule has 0 fully saturated rings. The van der Waals surface area contributed by atoms with Crippen molar-refractivity contribution in [2.75, 3.05) is 23.3 Å². The molecule has 0 aliphatic carbocycles. The van der Waals surface area contributed by atoms with E-state index in [9.17, 15) is 4.79 Å². The van der Waals surface area contributed by atoms with E-state index in [0.717, 1.165) is 30.1 Å². The molecule has 0 bridgehead atoms. The summed E-state index contributed by atoms with van der Waals surface area (Å²) in [5.74, 6) is -0.989. The number of carboxylic acids is 1. The van der Waals surface area contributed by atoms with Gasteiger partial charge in [-0.15, -0.1) is 0 Å². The summed E-state index contributed by atoms with van der Waals surface area (Å²) in [7, 11) is 1.83. The largest absolute Gasteiger partial charge is 0.479 e. The second-order valence-electron chi connectivity index (χ2n) is 6.70. The van der Waals surface area contributed by atoms with Crippen LogP contribution >= 0.6 is 25.7 Å². The predicted molar refractivity (Wildman–Crippen MR) is 130 cm³/mol. The Morgan fingerprint density at radius 2 is 1.70 bits per heavy atom. The first kappa shape index (κ1) is 23.7. The van der Waals surface area contributed by atoms with Crippen molar-refractivity contribution in [2.45, 2.75) is 13.5 Å². The molecule has 3 rings (SSSR count). The second-order valence-corrected chi connectivity index (χ2v) is 7.63. The molecule has 158 valence electrons. The minimum atomic E-state index is -0.989. The number of aryl methyl sites for hydroxylation is 1. The zero-order valence-electron chi connectivity index (χ0n) is 17.0. The van der Waals surface area contributed by atoms with E-state index in [2.05, 4.69) is 60.8 Å². The van der Waals surface area contributed by atoms with Gasteiger partial charge < -0.3 is 10.4 Å². The van der Waals surface area contributed by atoms with E-state index in [1.54, 1.807) is 4.31 Å². The molecule has 0 heterocycles. The molecular formula is C23H26N2O3S2. The predicted octanol–water partition coefficient (Wildman–Crippen LogP) is 5.49. The van der Waals surface area contributed by atoms with Gasteiger partial charge in [0.2, 0.25) is 0 Å². The van der Waals surface area contributed by atoms with Crippen molar-refractivity contribution < 1.29 is 14.1 Å². The molecule has 0 atom stereocenters. The van der Waals surface area contributed by atoms with Gasteiger partial charge in [-0.2, -0.15) is 13.5 Å². The fraction of sp³-hybridized carbons (Fsp3) is 0.174. The summed E-state index contributed by atoms with van der Waals surface area (Å²) in [5, 5.41) is 12.1. The molecule has 0 spiro atoms. The SMILES string of the molecule is Cc1cccc(-c2cccc(CNc3ccc(N(C)SOCC(=O)O)cc3)c2)c1.S. The van der Waals surface area contributed by atoms with Gasteiger partial charge in [-0.1, -0.05) is 48.0 Å². The average Bonchev–Trinajstić information content (AvgIpc) is 2.72. The summed E-state index contributed by atoms with van der Waals surface area (Å²) in [5.41, 5.74) is 6.84. The Balaban J connectivity index is 0.00000320. The Hall–Kier alpha value is -2.61. The third-order valence-corrected chi connectivity index (χ3v) is 5.01. The van der Waals surface area contributed by atoms with Gasteiger partial charge in [0, 0.05) is 25.0 Å². The minimum Gasteiger partial charge on any atom is -0.479 e. The zero-order valence-corrected chi connectivity index (χ0v) is 18.8. The van der Waals surface area contributed by atoms with Gasteiger partial charge in [-0.25, -0.2) is 4.79 Å². The van der Waals surface area contributed by atoms with Gasteiger partial charge in [-0.3, -0.25) is 8.49 Å². The van der Waals surface area contributed by atoms with Crippen LogP contribution in [0.2, 0.25) is 0 Å². The number of nitrogens with zero attached hydrogens (tertiary/aromatic N) is 1. The molecule has 0 aromatic heterocycles. The standard InChI is InChI=1S/C23H24N2O3S.H2S/c1-17-5-3-7-19(13-17)20-8-4-6-18(14-20)15-24-21-9-11-22(12-10-21)25(2)29-28-16-23(26)27;/h3-14,24H,15-16H2,1-2H3,(H,26,27);1H2. The molecule has 3 aromatic rings. The number of carbonyl (C=O) groups is 1.